The second-order valence-corrected chi connectivity index (χ2v) is 5.61. The third-order valence-corrected chi connectivity index (χ3v) is 3.62. The van der Waals surface area contributed by atoms with Crippen LogP contribution in [0.1, 0.15) is 10.4 Å². The SMILES string of the molecule is Nc1c(C(=O)Nc2ccccc2)cccc1S(N)(=O)=O. The number of nitrogen functional groups attached to an aromatic ring is 1. The third kappa shape index (κ3) is 2.95. The summed E-state index contributed by atoms with van der Waals surface area (Å²) in [7, 11) is -3.97. The highest BCUT2D eigenvalue weighted by atomic mass is 32.2. The van der Waals surface area contributed by atoms with Crippen LogP contribution < -0.4 is 16.2 Å². The second-order valence-electron chi connectivity index (χ2n) is 4.08. The van der Waals surface area contributed by atoms with Crippen LogP contribution >= 0.6 is 0 Å². The molecule has 0 unspecified atom stereocenters. The van der Waals surface area contributed by atoms with E-state index in [4.69, 9.17) is 10.9 Å². The maximum absolute atomic E-state index is 12.1. The van der Waals surface area contributed by atoms with Crippen LogP contribution in [0.2, 0.25) is 0 Å². The smallest absolute Gasteiger partial charge is 0.257 e. The van der Waals surface area contributed by atoms with Crippen molar-refractivity contribution in [3.05, 3.63) is 54.1 Å². The molecule has 2 aromatic carbocycles. The van der Waals surface area contributed by atoms with Gasteiger partial charge in [0.2, 0.25) is 10.0 Å². The number of nitrogens with two attached hydrogens (primary N) is 2. The molecule has 0 saturated heterocycles. The molecule has 104 valence electrons. The minimum Gasteiger partial charge on any atom is -0.397 e. The van der Waals surface area contributed by atoms with E-state index in [-0.39, 0.29) is 16.1 Å². The zero-order valence-electron chi connectivity index (χ0n) is 10.4. The Morgan fingerprint density at radius 1 is 1.00 bits per heavy atom. The monoisotopic (exact) mass is 291 g/mol. The maximum Gasteiger partial charge on any atom is 0.257 e. The minimum absolute atomic E-state index is 0.0559. The molecule has 7 heteroatoms. The van der Waals surface area contributed by atoms with Crippen molar-refractivity contribution in [2.75, 3.05) is 11.1 Å². The van der Waals surface area contributed by atoms with Gasteiger partial charge in [-0.3, -0.25) is 4.79 Å². The first-order valence-corrected chi connectivity index (χ1v) is 7.22. The van der Waals surface area contributed by atoms with E-state index in [2.05, 4.69) is 5.32 Å². The zero-order valence-corrected chi connectivity index (χ0v) is 11.2. The lowest BCUT2D eigenvalue weighted by atomic mass is 10.1. The fraction of sp³-hybridized carbons (Fsp3) is 0. The number of rotatable bonds is 3. The van der Waals surface area contributed by atoms with E-state index in [0.717, 1.165) is 0 Å². The quantitative estimate of drug-likeness (QED) is 0.736. The molecule has 0 aromatic heterocycles. The van der Waals surface area contributed by atoms with Gasteiger partial charge in [0.05, 0.1) is 11.3 Å². The summed E-state index contributed by atoms with van der Waals surface area (Å²) in [6, 6.07) is 12.8. The summed E-state index contributed by atoms with van der Waals surface area (Å²) < 4.78 is 22.7. The van der Waals surface area contributed by atoms with Crippen LogP contribution in [0.3, 0.4) is 0 Å². The molecule has 0 atom stereocenters. The molecule has 2 aromatic rings. The van der Waals surface area contributed by atoms with Crippen LogP contribution in [0.25, 0.3) is 0 Å². The molecule has 5 N–H and O–H groups in total. The minimum atomic E-state index is -3.97. The van der Waals surface area contributed by atoms with Crippen LogP contribution in [0.4, 0.5) is 11.4 Å². The van der Waals surface area contributed by atoms with Crippen LogP contribution in [0.5, 0.6) is 0 Å². The molecule has 6 nitrogen and oxygen atoms in total. The first-order chi connectivity index (χ1) is 9.39. The Balaban J connectivity index is 2.37. The highest BCUT2D eigenvalue weighted by Gasteiger charge is 2.18. The lowest BCUT2D eigenvalue weighted by Crippen LogP contribution is -2.19. The summed E-state index contributed by atoms with van der Waals surface area (Å²) in [6.45, 7) is 0. The highest BCUT2D eigenvalue weighted by molar-refractivity contribution is 7.89. The lowest BCUT2D eigenvalue weighted by molar-refractivity contribution is 0.102. The molecule has 0 aliphatic carbocycles. The lowest BCUT2D eigenvalue weighted by Gasteiger charge is -2.10. The van der Waals surface area contributed by atoms with E-state index >= 15 is 0 Å². The summed E-state index contributed by atoms with van der Waals surface area (Å²) in [5.74, 6) is -0.501. The molecular formula is C13H13N3O3S. The summed E-state index contributed by atoms with van der Waals surface area (Å²) in [5, 5.41) is 7.66. The molecule has 0 radical (unpaired) electrons. The molecule has 0 saturated carbocycles. The van der Waals surface area contributed by atoms with Crippen LogP contribution in [0, 0.1) is 0 Å². The van der Waals surface area contributed by atoms with Crippen molar-refractivity contribution in [3.8, 4) is 0 Å². The summed E-state index contributed by atoms with van der Waals surface area (Å²) in [5.41, 5.74) is 6.18. The number of sulfonamides is 1. The number of para-hydroxylation sites is 2. The molecular weight excluding hydrogens is 278 g/mol. The zero-order chi connectivity index (χ0) is 14.8. The first kappa shape index (κ1) is 14.0. The van der Waals surface area contributed by atoms with E-state index in [1.165, 1.54) is 18.2 Å². The van der Waals surface area contributed by atoms with E-state index in [1.807, 2.05) is 6.07 Å². The fourth-order valence-corrected chi connectivity index (χ4v) is 2.39. The van der Waals surface area contributed by atoms with Crippen molar-refractivity contribution in [2.24, 2.45) is 5.14 Å². The summed E-state index contributed by atoms with van der Waals surface area (Å²) in [4.78, 5) is 11.8. The van der Waals surface area contributed by atoms with Crippen LogP contribution in [0.15, 0.2) is 53.4 Å². The normalized spacial score (nSPS) is 11.1. The van der Waals surface area contributed by atoms with Gasteiger partial charge in [0.15, 0.2) is 0 Å². The molecule has 20 heavy (non-hydrogen) atoms. The van der Waals surface area contributed by atoms with E-state index in [9.17, 15) is 13.2 Å². The van der Waals surface area contributed by atoms with Gasteiger partial charge in [0, 0.05) is 5.69 Å². The Morgan fingerprint density at radius 2 is 1.65 bits per heavy atom. The largest absolute Gasteiger partial charge is 0.397 e. The molecule has 0 fully saturated rings. The number of carbonyl (C=O) groups excluding carboxylic acids is 1. The third-order valence-electron chi connectivity index (χ3n) is 2.65. The number of benzene rings is 2. The van der Waals surface area contributed by atoms with Gasteiger partial charge >= 0.3 is 0 Å². The molecule has 0 heterocycles. The topological polar surface area (TPSA) is 115 Å². The molecule has 1 amide bonds. The van der Waals surface area contributed by atoms with Gasteiger partial charge < -0.3 is 11.1 Å². The molecule has 0 bridgehead atoms. The van der Waals surface area contributed by atoms with Crippen molar-refractivity contribution >= 4 is 27.3 Å². The van der Waals surface area contributed by atoms with E-state index in [0.29, 0.717) is 5.69 Å². The van der Waals surface area contributed by atoms with Crippen molar-refractivity contribution in [1.29, 1.82) is 0 Å². The predicted molar refractivity (Wildman–Crippen MR) is 76.6 cm³/mol. The van der Waals surface area contributed by atoms with Gasteiger partial charge in [-0.2, -0.15) is 0 Å². The van der Waals surface area contributed by atoms with Gasteiger partial charge in [0.1, 0.15) is 4.90 Å². The van der Waals surface area contributed by atoms with Crippen molar-refractivity contribution in [2.45, 2.75) is 4.90 Å². The number of nitrogens with one attached hydrogen (secondary N) is 1. The standard InChI is InChI=1S/C13H13N3O3S/c14-12-10(7-4-8-11(12)20(15,18)19)13(17)16-9-5-2-1-3-6-9/h1-8H,14H2,(H,16,17)(H2,15,18,19). The number of amides is 1. The average molecular weight is 291 g/mol. The molecule has 0 aliphatic rings. The van der Waals surface area contributed by atoms with Gasteiger partial charge in [-0.15, -0.1) is 0 Å². The number of anilines is 2. The number of hydrogen-bond acceptors (Lipinski definition) is 4. The van der Waals surface area contributed by atoms with Crippen LogP contribution in [-0.4, -0.2) is 14.3 Å². The Kier molecular flexibility index (Phi) is 3.73. The number of hydrogen-bond donors (Lipinski definition) is 3. The number of carbonyl (C=O) groups is 1. The van der Waals surface area contributed by atoms with Crippen molar-refractivity contribution in [1.82, 2.24) is 0 Å². The number of primary sulfonamides is 1. The van der Waals surface area contributed by atoms with Crippen molar-refractivity contribution < 1.29 is 13.2 Å². The molecule has 0 aliphatic heterocycles. The summed E-state index contributed by atoms with van der Waals surface area (Å²) in [6.07, 6.45) is 0. The Bertz CT molecular complexity index is 743. The van der Waals surface area contributed by atoms with Gasteiger partial charge in [-0.05, 0) is 24.3 Å². The maximum atomic E-state index is 12.1. The first-order valence-electron chi connectivity index (χ1n) is 5.67. The van der Waals surface area contributed by atoms with E-state index in [1.54, 1.807) is 24.3 Å². The second kappa shape index (κ2) is 5.32. The van der Waals surface area contributed by atoms with Crippen molar-refractivity contribution in [3.63, 3.8) is 0 Å². The Labute approximate surface area is 116 Å². The Hall–Kier alpha value is -2.38. The van der Waals surface area contributed by atoms with Gasteiger partial charge in [0.25, 0.3) is 5.91 Å². The average Bonchev–Trinajstić information content (AvgIpc) is 2.38. The highest BCUT2D eigenvalue weighted by Crippen LogP contribution is 2.22. The summed E-state index contributed by atoms with van der Waals surface area (Å²) >= 11 is 0. The Morgan fingerprint density at radius 3 is 2.25 bits per heavy atom. The fourth-order valence-electron chi connectivity index (χ4n) is 1.71. The molecule has 2 rings (SSSR count). The van der Waals surface area contributed by atoms with E-state index < -0.39 is 15.9 Å². The van der Waals surface area contributed by atoms with Gasteiger partial charge in [-0.1, -0.05) is 24.3 Å². The molecule has 0 spiro atoms. The van der Waals surface area contributed by atoms with Gasteiger partial charge in [-0.25, -0.2) is 13.6 Å². The predicted octanol–water partition coefficient (Wildman–Crippen LogP) is 1.17. The van der Waals surface area contributed by atoms with Crippen LogP contribution in [-0.2, 0) is 10.0 Å².